The quantitative estimate of drug-likeness (QED) is 0.708. The van der Waals surface area contributed by atoms with Crippen LogP contribution in [0.15, 0.2) is 24.4 Å². The van der Waals surface area contributed by atoms with Gasteiger partial charge in [0.1, 0.15) is 13.1 Å². The van der Waals surface area contributed by atoms with E-state index < -0.39 is 0 Å². The zero-order chi connectivity index (χ0) is 14.4. The fraction of sp³-hybridized carbons (Fsp3) is 0.571. The fourth-order valence-corrected chi connectivity index (χ4v) is 4.17. The van der Waals surface area contributed by atoms with Crippen molar-refractivity contribution in [2.75, 3.05) is 31.1 Å². The molecule has 1 aliphatic carbocycles. The van der Waals surface area contributed by atoms with Crippen LogP contribution in [0.1, 0.15) is 13.3 Å². The van der Waals surface area contributed by atoms with Gasteiger partial charge in [-0.05, 0) is 19.4 Å². The topological polar surface area (TPSA) is 37.7 Å². The first-order valence-electron chi connectivity index (χ1n) is 6.83. The molecule has 108 valence electrons. The number of nitrogens with zero attached hydrogens (tertiary/aromatic N) is 2. The molecule has 6 heteroatoms. The minimum Gasteiger partial charge on any atom is -0.334 e. The third kappa shape index (κ3) is 2.37. The van der Waals surface area contributed by atoms with Gasteiger partial charge in [-0.25, -0.2) is 4.98 Å². The molecule has 0 radical (unpaired) electrons. The van der Waals surface area contributed by atoms with Crippen molar-refractivity contribution in [1.82, 2.24) is 4.90 Å². The van der Waals surface area contributed by atoms with Gasteiger partial charge >= 0.3 is 0 Å². The van der Waals surface area contributed by atoms with E-state index in [0.717, 1.165) is 38.4 Å². The van der Waals surface area contributed by atoms with Crippen LogP contribution in [0, 0.1) is 5.41 Å². The number of pyridine rings is 1. The summed E-state index contributed by atoms with van der Waals surface area (Å²) in [7, 11) is 0. The molecule has 2 fully saturated rings. The molecule has 0 aromatic carbocycles. The Kier molecular flexibility index (Phi) is 3.57. The number of halogens is 2. The molecule has 1 aromatic heterocycles. The summed E-state index contributed by atoms with van der Waals surface area (Å²) in [6.07, 6.45) is 2.79. The van der Waals surface area contributed by atoms with Gasteiger partial charge in [-0.1, -0.05) is 37.9 Å². The van der Waals surface area contributed by atoms with E-state index in [-0.39, 0.29) is 14.6 Å². The van der Waals surface area contributed by atoms with Crippen molar-refractivity contribution >= 4 is 43.6 Å². The summed E-state index contributed by atoms with van der Waals surface area (Å²) in [4.78, 5) is 20.1. The van der Waals surface area contributed by atoms with Crippen LogP contribution in [0.4, 0.5) is 5.82 Å². The van der Waals surface area contributed by atoms with E-state index >= 15 is 0 Å². The summed E-state index contributed by atoms with van der Waals surface area (Å²) >= 11 is 7.16. The molecule has 1 amide bonds. The second-order valence-corrected chi connectivity index (χ2v) is 9.51. The summed E-state index contributed by atoms with van der Waals surface area (Å²) in [6.45, 7) is 5.34. The number of aromatic amines is 1. The highest BCUT2D eigenvalue weighted by Gasteiger charge is 2.67. The Morgan fingerprint density at radius 1 is 1.25 bits per heavy atom. The predicted octanol–water partition coefficient (Wildman–Crippen LogP) is 2.05. The largest absolute Gasteiger partial charge is 0.334 e. The van der Waals surface area contributed by atoms with Crippen LogP contribution >= 0.6 is 31.9 Å². The Hall–Kier alpha value is -0.620. The van der Waals surface area contributed by atoms with Crippen LogP contribution in [0.2, 0.25) is 0 Å². The fourth-order valence-electron chi connectivity index (χ4n) is 2.71. The number of amides is 1. The number of carbonyl (C=O) groups excluding carboxylic acids is 1. The van der Waals surface area contributed by atoms with Crippen LogP contribution in [-0.2, 0) is 4.79 Å². The number of H-pyrrole nitrogens is 1. The van der Waals surface area contributed by atoms with E-state index in [0.29, 0.717) is 0 Å². The van der Waals surface area contributed by atoms with Crippen molar-refractivity contribution in [3.8, 4) is 0 Å². The lowest BCUT2D eigenvalue weighted by molar-refractivity contribution is -0.364. The van der Waals surface area contributed by atoms with Crippen molar-refractivity contribution in [1.29, 1.82) is 0 Å². The Morgan fingerprint density at radius 2 is 1.90 bits per heavy atom. The molecule has 1 N–H and O–H groups in total. The lowest BCUT2D eigenvalue weighted by Gasteiger charge is -2.33. The summed E-state index contributed by atoms with van der Waals surface area (Å²) in [5, 5.41) is 0. The Labute approximate surface area is 135 Å². The molecular weight excluding hydrogens is 386 g/mol. The highest BCUT2D eigenvalue weighted by Crippen LogP contribution is 2.66. The van der Waals surface area contributed by atoms with E-state index in [1.165, 1.54) is 0 Å². The molecule has 1 saturated heterocycles. The van der Waals surface area contributed by atoms with Crippen molar-refractivity contribution < 1.29 is 9.78 Å². The Bertz CT molecular complexity index is 514. The number of hydrogen-bond donors (Lipinski definition) is 0. The van der Waals surface area contributed by atoms with E-state index in [9.17, 15) is 4.79 Å². The zero-order valence-corrected chi connectivity index (χ0v) is 14.6. The summed E-state index contributed by atoms with van der Waals surface area (Å²) in [5.74, 6) is 1.37. The van der Waals surface area contributed by atoms with Crippen LogP contribution in [0.5, 0.6) is 0 Å². The minimum absolute atomic E-state index is 0.200. The number of piperazine rings is 1. The van der Waals surface area contributed by atoms with Crippen LogP contribution < -0.4 is 9.88 Å². The van der Waals surface area contributed by atoms with Gasteiger partial charge in [0.2, 0.25) is 5.91 Å². The zero-order valence-electron chi connectivity index (χ0n) is 11.4. The van der Waals surface area contributed by atoms with Crippen LogP contribution in [0.3, 0.4) is 0 Å². The minimum atomic E-state index is -0.298. The number of hydrogen-bond acceptors (Lipinski definition) is 2. The lowest BCUT2D eigenvalue weighted by Crippen LogP contribution is -2.52. The molecule has 4 nitrogen and oxygen atoms in total. The predicted molar refractivity (Wildman–Crippen MR) is 85.1 cm³/mol. The van der Waals surface area contributed by atoms with Crippen molar-refractivity contribution in [3.63, 3.8) is 0 Å². The van der Waals surface area contributed by atoms with E-state index in [2.05, 4.69) is 47.8 Å². The second-order valence-electron chi connectivity index (χ2n) is 5.74. The van der Waals surface area contributed by atoms with Gasteiger partial charge in [-0.15, -0.1) is 0 Å². The number of nitrogens with one attached hydrogen (secondary N) is 1. The molecule has 1 saturated carbocycles. The van der Waals surface area contributed by atoms with Crippen LogP contribution in [-0.4, -0.2) is 40.2 Å². The average Bonchev–Trinajstić information content (AvgIpc) is 2.99. The SMILES string of the molecule is C[C@]1(C(=O)N2CCN(c3cccc[nH+]3)CC2)CC1(Br)Br. The molecule has 2 aliphatic rings. The van der Waals surface area contributed by atoms with E-state index in [1.54, 1.807) is 0 Å². The van der Waals surface area contributed by atoms with Gasteiger partial charge in [-0.2, -0.15) is 0 Å². The van der Waals surface area contributed by atoms with Gasteiger partial charge in [0.05, 0.1) is 27.9 Å². The van der Waals surface area contributed by atoms with Crippen molar-refractivity contribution in [2.24, 2.45) is 5.41 Å². The van der Waals surface area contributed by atoms with Gasteiger partial charge in [0.15, 0.2) is 0 Å². The standard InChI is InChI=1S/C14H17Br2N3O/c1-13(10-14(13,15)16)12(20)19-8-6-18(7-9-19)11-4-2-3-5-17-11/h2-5H,6-10H2,1H3/p+1/t13-/m1/s1. The maximum absolute atomic E-state index is 12.6. The highest BCUT2D eigenvalue weighted by atomic mass is 79.9. The monoisotopic (exact) mass is 402 g/mol. The number of aromatic nitrogens is 1. The van der Waals surface area contributed by atoms with Crippen LogP contribution in [0.25, 0.3) is 0 Å². The molecule has 1 atom stereocenters. The number of rotatable bonds is 2. The van der Waals surface area contributed by atoms with E-state index in [1.807, 2.05) is 30.2 Å². The maximum atomic E-state index is 12.6. The van der Waals surface area contributed by atoms with Gasteiger partial charge in [-0.3, -0.25) is 9.69 Å². The second kappa shape index (κ2) is 4.98. The maximum Gasteiger partial charge on any atom is 0.274 e. The van der Waals surface area contributed by atoms with Gasteiger partial charge < -0.3 is 4.90 Å². The Balaban J connectivity index is 1.61. The summed E-state index contributed by atoms with van der Waals surface area (Å²) < 4.78 is -0.200. The molecule has 0 bridgehead atoms. The third-order valence-corrected chi connectivity index (χ3v) is 6.64. The molecule has 2 heterocycles. The summed E-state index contributed by atoms with van der Waals surface area (Å²) in [5.41, 5.74) is -0.298. The normalized spacial score (nSPS) is 28.4. The smallest absolute Gasteiger partial charge is 0.274 e. The average molecular weight is 404 g/mol. The number of anilines is 1. The van der Waals surface area contributed by atoms with Gasteiger partial charge in [0, 0.05) is 6.07 Å². The molecule has 20 heavy (non-hydrogen) atoms. The van der Waals surface area contributed by atoms with Crippen molar-refractivity contribution in [3.05, 3.63) is 24.4 Å². The number of carbonyl (C=O) groups is 1. The molecule has 0 unspecified atom stereocenters. The number of alkyl halides is 2. The first kappa shape index (κ1) is 14.3. The van der Waals surface area contributed by atoms with Crippen molar-refractivity contribution in [2.45, 2.75) is 16.6 Å². The highest BCUT2D eigenvalue weighted by molar-refractivity contribution is 9.25. The van der Waals surface area contributed by atoms with E-state index in [4.69, 9.17) is 0 Å². The first-order valence-corrected chi connectivity index (χ1v) is 8.41. The van der Waals surface area contributed by atoms with Gasteiger partial charge in [0.25, 0.3) is 5.82 Å². The lowest BCUT2D eigenvalue weighted by atomic mass is 10.1. The first-order chi connectivity index (χ1) is 9.44. The molecule has 0 spiro atoms. The molecule has 3 rings (SSSR count). The molecule has 1 aliphatic heterocycles. The molecular formula is C14H18Br2N3O+. The Morgan fingerprint density at radius 3 is 2.40 bits per heavy atom. The molecule has 1 aromatic rings. The third-order valence-electron chi connectivity index (χ3n) is 4.33. The summed E-state index contributed by atoms with van der Waals surface area (Å²) in [6, 6.07) is 6.07.